The van der Waals surface area contributed by atoms with Gasteiger partial charge in [0.1, 0.15) is 18.1 Å². The van der Waals surface area contributed by atoms with E-state index in [2.05, 4.69) is 5.32 Å². The second kappa shape index (κ2) is 7.56. The summed E-state index contributed by atoms with van der Waals surface area (Å²) in [5, 5.41) is 4.15. The third-order valence-electron chi connectivity index (χ3n) is 4.41. The third-order valence-corrected chi connectivity index (χ3v) is 4.41. The van der Waals surface area contributed by atoms with Crippen LogP contribution in [0, 0.1) is 0 Å². The van der Waals surface area contributed by atoms with E-state index in [9.17, 15) is 27.6 Å². The Kier molecular flexibility index (Phi) is 5.76. The number of nitrogens with zero attached hydrogens (tertiary/aromatic N) is 1. The van der Waals surface area contributed by atoms with Crippen LogP contribution in [0.4, 0.5) is 18.0 Å². The number of benzene rings is 1. The molecule has 1 aromatic rings. The van der Waals surface area contributed by atoms with Crippen LogP contribution < -0.4 is 20.1 Å². The molecule has 0 bridgehead atoms. The van der Waals surface area contributed by atoms with Gasteiger partial charge in [-0.2, -0.15) is 13.2 Å². The molecule has 1 heterocycles. The number of alkyl halides is 3. The molecule has 2 N–H and O–H groups in total. The van der Waals surface area contributed by atoms with Crippen LogP contribution in [0.5, 0.6) is 11.5 Å². The first-order chi connectivity index (χ1) is 12.9. The fraction of sp³-hybridized carbons (Fsp3) is 0.471. The summed E-state index contributed by atoms with van der Waals surface area (Å²) in [4.78, 5) is 37.8. The van der Waals surface area contributed by atoms with Crippen molar-refractivity contribution in [2.24, 2.45) is 0 Å². The number of carbonyl (C=O) groups excluding carboxylic acids is 3. The van der Waals surface area contributed by atoms with Crippen molar-refractivity contribution in [1.82, 2.24) is 15.5 Å². The topological polar surface area (TPSA) is 97.0 Å². The first kappa shape index (κ1) is 21.3. The van der Waals surface area contributed by atoms with E-state index in [0.29, 0.717) is 22.0 Å². The van der Waals surface area contributed by atoms with Crippen LogP contribution in [-0.4, -0.2) is 55.7 Å². The van der Waals surface area contributed by atoms with Crippen LogP contribution in [0.25, 0.3) is 0 Å². The maximum atomic E-state index is 12.9. The summed E-state index contributed by atoms with van der Waals surface area (Å²) in [6, 6.07) is 2.25. The van der Waals surface area contributed by atoms with Gasteiger partial charge in [-0.3, -0.25) is 9.59 Å². The van der Waals surface area contributed by atoms with Gasteiger partial charge in [-0.05, 0) is 31.5 Å². The molecule has 1 aliphatic heterocycles. The van der Waals surface area contributed by atoms with Gasteiger partial charge in [0, 0.05) is 0 Å². The van der Waals surface area contributed by atoms with Gasteiger partial charge in [-0.1, -0.05) is 6.07 Å². The summed E-state index contributed by atoms with van der Waals surface area (Å²) >= 11 is 0. The van der Waals surface area contributed by atoms with Crippen molar-refractivity contribution in [1.29, 1.82) is 0 Å². The fourth-order valence-electron chi connectivity index (χ4n) is 2.81. The Morgan fingerprint density at radius 1 is 1.25 bits per heavy atom. The van der Waals surface area contributed by atoms with E-state index in [1.807, 2.05) is 0 Å². The number of carbonyl (C=O) groups is 3. The minimum atomic E-state index is -4.61. The summed E-state index contributed by atoms with van der Waals surface area (Å²) < 4.78 is 47.2. The normalized spacial score (nSPS) is 20.6. The Balaban J connectivity index is 2.28. The van der Waals surface area contributed by atoms with E-state index in [0.717, 1.165) is 0 Å². The van der Waals surface area contributed by atoms with Crippen molar-refractivity contribution in [2.45, 2.75) is 31.6 Å². The van der Waals surface area contributed by atoms with Gasteiger partial charge in [-0.25, -0.2) is 9.69 Å². The van der Waals surface area contributed by atoms with E-state index in [4.69, 9.17) is 9.47 Å². The highest BCUT2D eigenvalue weighted by molar-refractivity contribution is 6.10. The molecule has 1 fully saturated rings. The number of halogens is 3. The van der Waals surface area contributed by atoms with Crippen molar-refractivity contribution in [2.75, 3.05) is 20.8 Å². The zero-order valence-electron chi connectivity index (χ0n) is 15.6. The molecule has 28 heavy (non-hydrogen) atoms. The lowest BCUT2D eigenvalue weighted by Gasteiger charge is -2.25. The van der Waals surface area contributed by atoms with Gasteiger partial charge in [0.15, 0.2) is 11.5 Å². The molecule has 0 aliphatic carbocycles. The SMILES string of the molecule is COc1ccc([C@@]2(C)NC(=O)N([C@H](C)C(=O)NCC(F)(F)F)C2=O)cc1OC. The van der Waals surface area contributed by atoms with Crippen LogP contribution in [0.15, 0.2) is 18.2 Å². The van der Waals surface area contributed by atoms with E-state index in [-0.39, 0.29) is 0 Å². The maximum Gasteiger partial charge on any atom is 0.405 e. The minimum absolute atomic E-state index is 0.317. The molecule has 2 rings (SSSR count). The number of methoxy groups -OCH3 is 2. The van der Waals surface area contributed by atoms with Gasteiger partial charge >= 0.3 is 12.2 Å². The smallest absolute Gasteiger partial charge is 0.405 e. The molecule has 8 nitrogen and oxygen atoms in total. The number of hydrogen-bond acceptors (Lipinski definition) is 5. The van der Waals surface area contributed by atoms with Gasteiger partial charge in [0.2, 0.25) is 5.91 Å². The number of rotatable bonds is 6. The highest BCUT2D eigenvalue weighted by Gasteiger charge is 2.52. The van der Waals surface area contributed by atoms with Crippen LogP contribution in [0.2, 0.25) is 0 Å². The van der Waals surface area contributed by atoms with Crippen LogP contribution in [-0.2, 0) is 15.1 Å². The highest BCUT2D eigenvalue weighted by atomic mass is 19.4. The molecule has 0 aromatic heterocycles. The number of amides is 4. The number of urea groups is 1. The average molecular weight is 403 g/mol. The molecule has 4 amide bonds. The first-order valence-corrected chi connectivity index (χ1v) is 8.17. The second-order valence-electron chi connectivity index (χ2n) is 6.31. The summed E-state index contributed by atoms with van der Waals surface area (Å²) in [7, 11) is 2.84. The molecule has 1 aromatic carbocycles. The number of imide groups is 1. The number of nitrogens with one attached hydrogen (secondary N) is 2. The first-order valence-electron chi connectivity index (χ1n) is 8.17. The Bertz CT molecular complexity index is 799. The lowest BCUT2D eigenvalue weighted by molar-refractivity contribution is -0.144. The monoisotopic (exact) mass is 403 g/mol. The molecule has 0 saturated carbocycles. The molecule has 154 valence electrons. The zero-order valence-corrected chi connectivity index (χ0v) is 15.6. The zero-order chi connectivity index (χ0) is 21.3. The van der Waals surface area contributed by atoms with Gasteiger partial charge < -0.3 is 20.1 Å². The largest absolute Gasteiger partial charge is 0.493 e. The van der Waals surface area contributed by atoms with E-state index in [1.54, 1.807) is 11.4 Å². The lowest BCUT2D eigenvalue weighted by atomic mass is 9.91. The Morgan fingerprint density at radius 3 is 2.39 bits per heavy atom. The molecule has 1 aliphatic rings. The van der Waals surface area contributed by atoms with E-state index >= 15 is 0 Å². The molecule has 11 heteroatoms. The van der Waals surface area contributed by atoms with Crippen LogP contribution in [0.3, 0.4) is 0 Å². The van der Waals surface area contributed by atoms with Gasteiger partial charge in [0.25, 0.3) is 5.91 Å². The molecular formula is C17H20F3N3O5. The third kappa shape index (κ3) is 3.97. The molecular weight excluding hydrogens is 383 g/mol. The fourth-order valence-corrected chi connectivity index (χ4v) is 2.81. The van der Waals surface area contributed by atoms with Gasteiger partial charge in [-0.15, -0.1) is 0 Å². The van der Waals surface area contributed by atoms with E-state index in [1.165, 1.54) is 40.2 Å². The van der Waals surface area contributed by atoms with Crippen molar-refractivity contribution in [3.8, 4) is 11.5 Å². The predicted octanol–water partition coefficient (Wildman–Crippen LogP) is 1.54. The minimum Gasteiger partial charge on any atom is -0.493 e. The van der Waals surface area contributed by atoms with E-state index < -0.39 is 42.1 Å². The average Bonchev–Trinajstić information content (AvgIpc) is 2.87. The maximum absolute atomic E-state index is 12.9. The van der Waals surface area contributed by atoms with Crippen molar-refractivity contribution in [3.05, 3.63) is 23.8 Å². The molecule has 0 radical (unpaired) electrons. The molecule has 1 saturated heterocycles. The summed E-state index contributed by atoms with van der Waals surface area (Å²) in [5.74, 6) is -1.15. The number of ether oxygens (including phenoxy) is 2. The van der Waals surface area contributed by atoms with Gasteiger partial charge in [0.05, 0.1) is 14.2 Å². The quantitative estimate of drug-likeness (QED) is 0.703. The molecule has 2 atom stereocenters. The van der Waals surface area contributed by atoms with Crippen molar-refractivity contribution < 1.29 is 37.0 Å². The van der Waals surface area contributed by atoms with Crippen LogP contribution >= 0.6 is 0 Å². The molecule has 0 unspecified atom stereocenters. The van der Waals surface area contributed by atoms with Crippen molar-refractivity contribution in [3.63, 3.8) is 0 Å². The second-order valence-corrected chi connectivity index (χ2v) is 6.31. The summed E-state index contributed by atoms with van der Waals surface area (Å²) in [6.07, 6.45) is -4.61. The lowest BCUT2D eigenvalue weighted by Crippen LogP contribution is -2.50. The Hall–Kier alpha value is -2.98. The highest BCUT2D eigenvalue weighted by Crippen LogP contribution is 2.35. The molecule has 0 spiro atoms. The van der Waals surface area contributed by atoms with Crippen LogP contribution in [0.1, 0.15) is 19.4 Å². The summed E-state index contributed by atoms with van der Waals surface area (Å²) in [5.41, 5.74) is -1.18. The Labute approximate surface area is 159 Å². The van der Waals surface area contributed by atoms with Crippen molar-refractivity contribution >= 4 is 17.8 Å². The predicted molar refractivity (Wildman–Crippen MR) is 90.8 cm³/mol. The standard InChI is InChI=1S/C17H20F3N3O5/c1-9(13(24)21-8-17(18,19)20)23-14(25)16(2,22-15(23)26)10-5-6-11(27-3)12(7-10)28-4/h5-7,9H,8H2,1-4H3,(H,21,24)(H,22,26)/t9-,16-/m1/s1. The number of hydrogen-bond donors (Lipinski definition) is 2. The Morgan fingerprint density at radius 2 is 1.86 bits per heavy atom. The summed E-state index contributed by atoms with van der Waals surface area (Å²) in [6.45, 7) is 1.03.